The zero-order chi connectivity index (χ0) is 25.1. The molecule has 1 saturated carbocycles. The Bertz CT molecular complexity index is 1160. The van der Waals surface area contributed by atoms with Gasteiger partial charge in [0, 0.05) is 35.7 Å². The molecule has 4 fully saturated rings. The van der Waals surface area contributed by atoms with Gasteiger partial charge in [-0.15, -0.1) is 0 Å². The van der Waals surface area contributed by atoms with Gasteiger partial charge >= 0.3 is 0 Å². The van der Waals surface area contributed by atoms with Gasteiger partial charge in [-0.3, -0.25) is 9.69 Å². The van der Waals surface area contributed by atoms with Crippen molar-refractivity contribution in [2.24, 2.45) is 17.3 Å². The molecule has 4 atom stereocenters. The molecular formula is C28H36ClN3O4. The monoisotopic (exact) mass is 513 g/mol. The minimum Gasteiger partial charge on any atom is -0.389 e. The third kappa shape index (κ3) is 4.04. The molecule has 2 N–H and O–H groups in total. The van der Waals surface area contributed by atoms with E-state index in [-0.39, 0.29) is 22.8 Å². The molecule has 36 heavy (non-hydrogen) atoms. The van der Waals surface area contributed by atoms with E-state index in [4.69, 9.17) is 21.1 Å². The summed E-state index contributed by atoms with van der Waals surface area (Å²) in [6.45, 7) is 8.57. The number of fused-ring (bicyclic) bond motifs is 1. The quantitative estimate of drug-likeness (QED) is 0.637. The van der Waals surface area contributed by atoms with E-state index in [0.717, 1.165) is 73.3 Å². The fraction of sp³-hybridized carbons (Fsp3) is 0.643. The smallest absolute Gasteiger partial charge is 0.229 e. The Morgan fingerprint density at radius 2 is 1.92 bits per heavy atom. The van der Waals surface area contributed by atoms with Crippen LogP contribution in [-0.2, 0) is 14.3 Å². The molecule has 7 nitrogen and oxygen atoms in total. The molecule has 1 aliphatic carbocycles. The summed E-state index contributed by atoms with van der Waals surface area (Å²) >= 11 is 6.74. The van der Waals surface area contributed by atoms with E-state index in [0.29, 0.717) is 30.9 Å². The fourth-order valence-corrected chi connectivity index (χ4v) is 7.46. The van der Waals surface area contributed by atoms with Gasteiger partial charge in [-0.2, -0.15) is 0 Å². The average Bonchev–Trinajstić information content (AvgIpc) is 3.26. The Hall–Kier alpha value is -1.77. The molecule has 2 aromatic rings. The number of amides is 1. The van der Waals surface area contributed by atoms with Crippen LogP contribution in [0.2, 0.25) is 5.02 Å². The van der Waals surface area contributed by atoms with E-state index < -0.39 is 6.10 Å². The Balaban J connectivity index is 1.16. The fourth-order valence-electron chi connectivity index (χ4n) is 7.13. The molecule has 3 saturated heterocycles. The van der Waals surface area contributed by atoms with Crippen LogP contribution in [0.4, 0.5) is 5.82 Å². The number of rotatable bonds is 4. The number of pyridine rings is 1. The highest BCUT2D eigenvalue weighted by Gasteiger charge is 2.65. The molecule has 4 aliphatic rings. The number of hydrogen-bond donors (Lipinski definition) is 2. The Labute approximate surface area is 217 Å². The number of nitrogens with one attached hydrogen (secondary N) is 1. The highest BCUT2D eigenvalue weighted by molar-refractivity contribution is 6.32. The van der Waals surface area contributed by atoms with Gasteiger partial charge in [0.05, 0.1) is 24.9 Å². The number of aliphatic hydroxyl groups excluding tert-OH is 1. The average molecular weight is 514 g/mol. The largest absolute Gasteiger partial charge is 0.389 e. The lowest BCUT2D eigenvalue weighted by Crippen LogP contribution is -2.56. The van der Waals surface area contributed by atoms with E-state index in [9.17, 15) is 9.90 Å². The SMILES string of the molecule is C[C@H]1[C@@H](C(=O)Nc2cc3cc(C4CCN([C@@]5(C)COC[C@H]5O)CC4)c(Cl)cc3cn2)C12CCOCC2. The van der Waals surface area contributed by atoms with Gasteiger partial charge in [-0.25, -0.2) is 4.98 Å². The van der Waals surface area contributed by atoms with Crippen LogP contribution >= 0.6 is 11.6 Å². The molecule has 0 bridgehead atoms. The van der Waals surface area contributed by atoms with Crippen LogP contribution in [0.1, 0.15) is 51.0 Å². The second-order valence-electron chi connectivity index (χ2n) is 11.5. The number of anilines is 1. The molecular weight excluding hydrogens is 478 g/mol. The number of carbonyl (C=O) groups is 1. The molecule has 0 unspecified atom stereocenters. The first-order valence-electron chi connectivity index (χ1n) is 13.3. The number of nitrogens with zero attached hydrogens (tertiary/aromatic N) is 2. The van der Waals surface area contributed by atoms with Crippen molar-refractivity contribution in [1.82, 2.24) is 9.88 Å². The van der Waals surface area contributed by atoms with Crippen molar-refractivity contribution in [2.75, 3.05) is 44.8 Å². The number of aliphatic hydroxyl groups is 1. The number of hydrogen-bond acceptors (Lipinski definition) is 6. The normalized spacial score (nSPS) is 32.7. The van der Waals surface area contributed by atoms with Crippen LogP contribution in [0, 0.1) is 17.3 Å². The molecule has 1 aromatic carbocycles. The lowest BCUT2D eigenvalue weighted by atomic mass is 9.85. The van der Waals surface area contributed by atoms with Crippen LogP contribution in [0.15, 0.2) is 24.4 Å². The maximum absolute atomic E-state index is 13.1. The summed E-state index contributed by atoms with van der Waals surface area (Å²) in [5, 5.41) is 16.3. The minimum absolute atomic E-state index is 0.0375. The predicted octanol–water partition coefficient (Wildman–Crippen LogP) is 4.22. The summed E-state index contributed by atoms with van der Waals surface area (Å²) in [5.41, 5.74) is 0.948. The minimum atomic E-state index is -0.445. The Kier molecular flexibility index (Phi) is 6.28. The van der Waals surface area contributed by atoms with E-state index in [1.165, 1.54) is 0 Å². The maximum atomic E-state index is 13.1. The lowest BCUT2D eigenvalue weighted by molar-refractivity contribution is -0.118. The van der Waals surface area contributed by atoms with Gasteiger partial charge in [0.15, 0.2) is 0 Å². The summed E-state index contributed by atoms with van der Waals surface area (Å²) in [6.07, 6.45) is 5.24. The van der Waals surface area contributed by atoms with Gasteiger partial charge < -0.3 is 19.9 Å². The first-order chi connectivity index (χ1) is 17.3. The standard InChI is InChI=1S/C28H36ClN3O4/c1-17-25(28(17)5-9-35-10-6-28)26(34)31-24-13-19-11-21(22(29)12-20(19)14-30-24)18-3-7-32(8-4-18)27(2)16-36-15-23(27)33/h11-14,17-18,23,25,33H,3-10,15-16H2,1-2H3,(H,30,31,34)/t17-,23+,25-,27-/m0/s1. The molecule has 1 amide bonds. The van der Waals surface area contributed by atoms with Gasteiger partial charge in [0.1, 0.15) is 5.82 Å². The van der Waals surface area contributed by atoms with Crippen molar-refractivity contribution < 1.29 is 19.4 Å². The third-order valence-corrected chi connectivity index (χ3v) is 10.1. The second kappa shape index (κ2) is 9.21. The van der Waals surface area contributed by atoms with Crippen LogP contribution in [0.5, 0.6) is 0 Å². The highest BCUT2D eigenvalue weighted by Crippen LogP contribution is 2.64. The molecule has 3 aliphatic heterocycles. The van der Waals surface area contributed by atoms with Gasteiger partial charge in [-0.05, 0) is 92.1 Å². The number of likely N-dealkylation sites (tertiary alicyclic amines) is 1. The van der Waals surface area contributed by atoms with Crippen molar-refractivity contribution >= 4 is 34.1 Å². The number of carbonyl (C=O) groups excluding carboxylic acids is 1. The van der Waals surface area contributed by atoms with Crippen molar-refractivity contribution in [3.05, 3.63) is 35.0 Å². The van der Waals surface area contributed by atoms with Crippen LogP contribution in [0.25, 0.3) is 10.8 Å². The van der Waals surface area contributed by atoms with Gasteiger partial charge in [0.2, 0.25) is 5.91 Å². The Morgan fingerprint density at radius 1 is 1.17 bits per heavy atom. The molecule has 194 valence electrons. The molecule has 1 aromatic heterocycles. The number of ether oxygens (including phenoxy) is 2. The summed E-state index contributed by atoms with van der Waals surface area (Å²) in [4.78, 5) is 20.0. The van der Waals surface area contributed by atoms with Gasteiger partial charge in [-0.1, -0.05) is 18.5 Å². The summed E-state index contributed by atoms with van der Waals surface area (Å²) in [5.74, 6) is 1.45. The summed E-state index contributed by atoms with van der Waals surface area (Å²) in [7, 11) is 0. The zero-order valence-electron chi connectivity index (χ0n) is 21.1. The van der Waals surface area contributed by atoms with E-state index in [1.54, 1.807) is 6.20 Å². The molecule has 4 heterocycles. The van der Waals surface area contributed by atoms with Crippen molar-refractivity contribution in [3.63, 3.8) is 0 Å². The van der Waals surface area contributed by atoms with Crippen molar-refractivity contribution in [3.8, 4) is 0 Å². The molecule has 0 radical (unpaired) electrons. The first kappa shape index (κ1) is 24.6. The predicted molar refractivity (Wildman–Crippen MR) is 139 cm³/mol. The van der Waals surface area contributed by atoms with E-state index in [1.807, 2.05) is 12.1 Å². The van der Waals surface area contributed by atoms with Gasteiger partial charge in [0.25, 0.3) is 0 Å². The third-order valence-electron chi connectivity index (χ3n) is 9.76. The van der Waals surface area contributed by atoms with Crippen LogP contribution in [0.3, 0.4) is 0 Å². The maximum Gasteiger partial charge on any atom is 0.229 e. The lowest BCUT2D eigenvalue weighted by Gasteiger charge is -2.43. The first-order valence-corrected chi connectivity index (χ1v) is 13.7. The molecule has 6 rings (SSSR count). The molecule has 1 spiro atoms. The van der Waals surface area contributed by atoms with Crippen LogP contribution < -0.4 is 5.32 Å². The zero-order valence-corrected chi connectivity index (χ0v) is 21.9. The topological polar surface area (TPSA) is 83.9 Å². The summed E-state index contributed by atoms with van der Waals surface area (Å²) in [6, 6.07) is 6.14. The van der Waals surface area contributed by atoms with Crippen molar-refractivity contribution in [1.29, 1.82) is 0 Å². The number of piperidine rings is 1. The van der Waals surface area contributed by atoms with Crippen molar-refractivity contribution in [2.45, 2.75) is 57.1 Å². The summed E-state index contributed by atoms with van der Waals surface area (Å²) < 4.78 is 11.1. The highest BCUT2D eigenvalue weighted by atomic mass is 35.5. The molecule has 8 heteroatoms. The van der Waals surface area contributed by atoms with Crippen LogP contribution in [-0.4, -0.2) is 72.1 Å². The Morgan fingerprint density at radius 3 is 2.61 bits per heavy atom. The number of benzene rings is 1. The number of halogens is 1. The van der Waals surface area contributed by atoms with E-state index >= 15 is 0 Å². The second-order valence-corrected chi connectivity index (χ2v) is 11.9. The number of aromatic nitrogens is 1. The van der Waals surface area contributed by atoms with E-state index in [2.05, 4.69) is 35.1 Å².